The second-order valence-corrected chi connectivity index (χ2v) is 8.01. The van der Waals surface area contributed by atoms with Crippen LogP contribution in [0, 0.1) is 5.92 Å². The van der Waals surface area contributed by atoms with Gasteiger partial charge in [-0.15, -0.1) is 0 Å². The topological polar surface area (TPSA) is 83.8 Å². The number of benzene rings is 1. The molecule has 0 amide bonds. The van der Waals surface area contributed by atoms with E-state index in [0.29, 0.717) is 29.6 Å². The number of rotatable bonds is 6. The molecular formula is C20H28NO5+. The van der Waals surface area contributed by atoms with E-state index in [4.69, 9.17) is 9.84 Å². The summed E-state index contributed by atoms with van der Waals surface area (Å²) in [5.74, 6) is -1.59. The minimum absolute atomic E-state index is 0.0135. The van der Waals surface area contributed by atoms with Crippen molar-refractivity contribution < 1.29 is 29.0 Å². The summed E-state index contributed by atoms with van der Waals surface area (Å²) in [6.45, 7) is 1.13. The number of carboxylic acids is 1. The lowest BCUT2D eigenvalue weighted by Gasteiger charge is -2.33. The highest BCUT2D eigenvalue weighted by atomic mass is 16.6. The van der Waals surface area contributed by atoms with E-state index in [-0.39, 0.29) is 18.6 Å². The zero-order valence-electron chi connectivity index (χ0n) is 15.3. The molecule has 142 valence electrons. The number of carbonyl (C=O) groups excluding carboxylic acids is 1. The van der Waals surface area contributed by atoms with Crippen molar-refractivity contribution >= 4 is 11.9 Å². The standard InChI is InChI=1S/C20H27NO5/c1-21(14-18(22)23)12-11-17(13-21)26-19(24)20(25,16-9-5-6-10-16)15-7-3-2-4-8-15/h2-4,7-8,16-17,25H,5-6,9-14H2,1H3/p+1/t17-,20+,21+/m0/s1. The number of hydrogen-bond acceptors (Lipinski definition) is 4. The Morgan fingerprint density at radius 1 is 1.19 bits per heavy atom. The first-order valence-electron chi connectivity index (χ1n) is 9.38. The summed E-state index contributed by atoms with van der Waals surface area (Å²) in [7, 11) is 1.86. The van der Waals surface area contributed by atoms with E-state index in [1.165, 1.54) is 0 Å². The maximum Gasteiger partial charge on any atom is 0.359 e. The third kappa shape index (κ3) is 3.76. The van der Waals surface area contributed by atoms with E-state index in [9.17, 15) is 14.7 Å². The van der Waals surface area contributed by atoms with Crippen molar-refractivity contribution in [3.8, 4) is 0 Å². The molecule has 3 rings (SSSR count). The van der Waals surface area contributed by atoms with Crippen molar-refractivity contribution in [3.05, 3.63) is 35.9 Å². The molecule has 0 spiro atoms. The van der Waals surface area contributed by atoms with Crippen LogP contribution in [0.15, 0.2) is 30.3 Å². The Labute approximate surface area is 154 Å². The van der Waals surface area contributed by atoms with Crippen molar-refractivity contribution in [3.63, 3.8) is 0 Å². The van der Waals surface area contributed by atoms with Gasteiger partial charge >= 0.3 is 11.9 Å². The first-order chi connectivity index (χ1) is 12.3. The fourth-order valence-corrected chi connectivity index (χ4v) is 4.49. The highest BCUT2D eigenvalue weighted by Crippen LogP contribution is 2.42. The predicted molar refractivity (Wildman–Crippen MR) is 95.2 cm³/mol. The van der Waals surface area contributed by atoms with Crippen LogP contribution in [0.1, 0.15) is 37.7 Å². The zero-order valence-corrected chi connectivity index (χ0v) is 15.3. The van der Waals surface area contributed by atoms with Gasteiger partial charge in [0.05, 0.1) is 13.6 Å². The number of likely N-dealkylation sites (N-methyl/N-ethyl adjacent to an activating group) is 1. The summed E-state index contributed by atoms with van der Waals surface area (Å²) in [6.07, 6.45) is 3.87. The van der Waals surface area contributed by atoms with Crippen LogP contribution in [0.4, 0.5) is 0 Å². The first kappa shape index (κ1) is 18.9. The monoisotopic (exact) mass is 362 g/mol. The number of esters is 1. The Bertz CT molecular complexity index is 657. The maximum atomic E-state index is 13.0. The highest BCUT2D eigenvalue weighted by molar-refractivity contribution is 5.81. The lowest BCUT2D eigenvalue weighted by Crippen LogP contribution is -2.48. The fraction of sp³-hybridized carbons (Fsp3) is 0.600. The van der Waals surface area contributed by atoms with E-state index in [1.54, 1.807) is 12.1 Å². The SMILES string of the molecule is C[N@@+]1(CC(=O)O)CC[C@H](OC(=O)[C@@](O)(c2ccccc2)C2CCCC2)C1. The van der Waals surface area contributed by atoms with Crippen LogP contribution in [0.2, 0.25) is 0 Å². The number of ether oxygens (including phenoxy) is 1. The van der Waals surface area contributed by atoms with Crippen LogP contribution in [0.5, 0.6) is 0 Å². The number of carboxylic acid groups (broad SMARTS) is 1. The van der Waals surface area contributed by atoms with Crippen molar-refractivity contribution in [2.24, 2.45) is 5.92 Å². The van der Waals surface area contributed by atoms with Gasteiger partial charge in [-0.2, -0.15) is 0 Å². The van der Waals surface area contributed by atoms with Gasteiger partial charge in [0.2, 0.25) is 0 Å². The minimum atomic E-state index is -1.63. The molecule has 1 aliphatic heterocycles. The second-order valence-electron chi connectivity index (χ2n) is 8.01. The van der Waals surface area contributed by atoms with Crippen LogP contribution in [0.25, 0.3) is 0 Å². The molecule has 6 nitrogen and oxygen atoms in total. The van der Waals surface area contributed by atoms with Crippen LogP contribution in [-0.2, 0) is 19.9 Å². The predicted octanol–water partition coefficient (Wildman–Crippen LogP) is 1.91. The molecule has 1 aromatic carbocycles. The summed E-state index contributed by atoms with van der Waals surface area (Å²) in [5.41, 5.74) is -1.05. The Morgan fingerprint density at radius 2 is 1.85 bits per heavy atom. The Morgan fingerprint density at radius 3 is 2.46 bits per heavy atom. The first-order valence-corrected chi connectivity index (χ1v) is 9.38. The summed E-state index contributed by atoms with van der Waals surface area (Å²) in [5, 5.41) is 20.5. The minimum Gasteiger partial charge on any atom is -0.477 e. The number of aliphatic carboxylic acids is 1. The van der Waals surface area contributed by atoms with Crippen molar-refractivity contribution in [2.45, 2.75) is 43.8 Å². The molecule has 1 aliphatic carbocycles. The lowest BCUT2D eigenvalue weighted by atomic mass is 9.80. The number of hydrogen-bond donors (Lipinski definition) is 2. The second kappa shape index (κ2) is 7.37. The van der Waals surface area contributed by atoms with Gasteiger partial charge in [0, 0.05) is 12.3 Å². The third-order valence-electron chi connectivity index (χ3n) is 5.90. The van der Waals surface area contributed by atoms with Crippen LogP contribution >= 0.6 is 0 Å². The fourth-order valence-electron chi connectivity index (χ4n) is 4.49. The van der Waals surface area contributed by atoms with Gasteiger partial charge in [-0.05, 0) is 18.4 Å². The van der Waals surface area contributed by atoms with E-state index >= 15 is 0 Å². The number of aliphatic hydroxyl groups is 1. The molecule has 2 fully saturated rings. The van der Waals surface area contributed by atoms with E-state index in [0.717, 1.165) is 25.7 Å². The number of nitrogens with zero attached hydrogens (tertiary/aromatic N) is 1. The molecule has 1 saturated carbocycles. The smallest absolute Gasteiger partial charge is 0.359 e. The Balaban J connectivity index is 1.76. The van der Waals surface area contributed by atoms with Gasteiger partial charge in [-0.25, -0.2) is 9.59 Å². The van der Waals surface area contributed by atoms with Gasteiger partial charge in [0.25, 0.3) is 0 Å². The zero-order chi connectivity index (χ0) is 18.8. The summed E-state index contributed by atoms with van der Waals surface area (Å²) in [6, 6.07) is 9.05. The average molecular weight is 362 g/mol. The van der Waals surface area contributed by atoms with E-state index in [2.05, 4.69) is 0 Å². The summed E-state index contributed by atoms with van der Waals surface area (Å²) >= 11 is 0. The molecule has 6 heteroatoms. The largest absolute Gasteiger partial charge is 0.477 e. The van der Waals surface area contributed by atoms with Gasteiger partial charge in [-0.1, -0.05) is 43.2 Å². The molecule has 0 bridgehead atoms. The number of carbonyl (C=O) groups is 2. The van der Waals surface area contributed by atoms with Crippen molar-refractivity contribution in [1.82, 2.24) is 0 Å². The normalized spacial score (nSPS) is 28.6. The van der Waals surface area contributed by atoms with Gasteiger partial charge in [0.1, 0.15) is 6.54 Å². The summed E-state index contributed by atoms with van der Waals surface area (Å²) in [4.78, 5) is 24.1. The lowest BCUT2D eigenvalue weighted by molar-refractivity contribution is -0.891. The molecular weight excluding hydrogens is 334 g/mol. The highest BCUT2D eigenvalue weighted by Gasteiger charge is 2.49. The molecule has 0 unspecified atom stereocenters. The van der Waals surface area contributed by atoms with Crippen LogP contribution in [-0.4, -0.2) is 59.4 Å². The molecule has 1 heterocycles. The maximum absolute atomic E-state index is 13.0. The van der Waals surface area contributed by atoms with Crippen molar-refractivity contribution in [2.75, 3.05) is 26.7 Å². The van der Waals surface area contributed by atoms with Crippen LogP contribution < -0.4 is 0 Å². The third-order valence-corrected chi connectivity index (χ3v) is 5.90. The van der Waals surface area contributed by atoms with E-state index in [1.807, 2.05) is 25.2 Å². The molecule has 3 atom stereocenters. The molecule has 1 aromatic rings. The molecule has 0 aromatic heterocycles. The van der Waals surface area contributed by atoms with Gasteiger partial charge < -0.3 is 19.4 Å². The average Bonchev–Trinajstić information content (AvgIpc) is 3.25. The molecule has 26 heavy (non-hydrogen) atoms. The van der Waals surface area contributed by atoms with Crippen LogP contribution in [0.3, 0.4) is 0 Å². The molecule has 0 radical (unpaired) electrons. The Kier molecular flexibility index (Phi) is 5.34. The number of quaternary nitrogens is 1. The van der Waals surface area contributed by atoms with Gasteiger partial charge in [0.15, 0.2) is 18.2 Å². The summed E-state index contributed by atoms with van der Waals surface area (Å²) < 4.78 is 6.07. The quantitative estimate of drug-likeness (QED) is 0.597. The molecule has 1 saturated heterocycles. The van der Waals surface area contributed by atoms with E-state index < -0.39 is 17.5 Å². The number of likely N-dealkylation sites (tertiary alicyclic amines) is 1. The van der Waals surface area contributed by atoms with Gasteiger partial charge in [-0.3, -0.25) is 0 Å². The van der Waals surface area contributed by atoms with Crippen molar-refractivity contribution in [1.29, 1.82) is 0 Å². The Hall–Kier alpha value is -1.92. The molecule has 2 N–H and O–H groups in total. The molecule has 2 aliphatic rings.